The van der Waals surface area contributed by atoms with Crippen LogP contribution in [0.5, 0.6) is 5.75 Å². The van der Waals surface area contributed by atoms with Crippen molar-refractivity contribution in [2.75, 3.05) is 32.8 Å². The van der Waals surface area contributed by atoms with E-state index in [4.69, 9.17) is 14.6 Å². The molecule has 5 nitrogen and oxygen atoms in total. The van der Waals surface area contributed by atoms with E-state index < -0.39 is 5.97 Å². The van der Waals surface area contributed by atoms with Crippen molar-refractivity contribution in [2.45, 2.75) is 26.4 Å². The molecule has 1 fully saturated rings. The van der Waals surface area contributed by atoms with Crippen LogP contribution < -0.4 is 4.74 Å². The van der Waals surface area contributed by atoms with E-state index in [1.165, 1.54) is 0 Å². The van der Waals surface area contributed by atoms with Crippen LogP contribution in [-0.2, 0) is 4.74 Å². The second-order valence-corrected chi connectivity index (χ2v) is 5.99. The first-order valence-electron chi connectivity index (χ1n) is 7.86. The molecule has 1 heterocycles. The van der Waals surface area contributed by atoms with Gasteiger partial charge in [-0.1, -0.05) is 19.9 Å². The van der Waals surface area contributed by atoms with Gasteiger partial charge in [-0.25, -0.2) is 4.79 Å². The molecule has 0 aliphatic carbocycles. The van der Waals surface area contributed by atoms with E-state index in [-0.39, 0.29) is 11.7 Å². The van der Waals surface area contributed by atoms with Gasteiger partial charge in [-0.2, -0.15) is 0 Å². The van der Waals surface area contributed by atoms with Crippen LogP contribution in [-0.4, -0.2) is 54.9 Å². The Balaban J connectivity index is 1.82. The van der Waals surface area contributed by atoms with Gasteiger partial charge >= 0.3 is 5.97 Å². The van der Waals surface area contributed by atoms with Crippen LogP contribution in [0.2, 0.25) is 0 Å². The third-order valence-electron chi connectivity index (χ3n) is 3.89. The maximum Gasteiger partial charge on any atom is 0.335 e. The number of benzene rings is 1. The highest BCUT2D eigenvalue weighted by atomic mass is 16.5. The van der Waals surface area contributed by atoms with Crippen LogP contribution in [0.4, 0.5) is 0 Å². The first-order valence-corrected chi connectivity index (χ1v) is 7.86. The molecule has 1 unspecified atom stereocenters. The fourth-order valence-corrected chi connectivity index (χ4v) is 2.54. The molecule has 0 amide bonds. The zero-order valence-corrected chi connectivity index (χ0v) is 13.3. The van der Waals surface area contributed by atoms with Gasteiger partial charge in [0.25, 0.3) is 0 Å². The molecular weight excluding hydrogens is 282 g/mol. The molecular formula is C17H25NO4. The lowest BCUT2D eigenvalue weighted by Crippen LogP contribution is -2.37. The van der Waals surface area contributed by atoms with Gasteiger partial charge in [0, 0.05) is 26.2 Å². The summed E-state index contributed by atoms with van der Waals surface area (Å²) in [5.41, 5.74) is 0.251. The maximum absolute atomic E-state index is 10.9. The molecule has 0 bridgehead atoms. The quantitative estimate of drug-likeness (QED) is 0.875. The van der Waals surface area contributed by atoms with Gasteiger partial charge in [-0.05, 0) is 30.5 Å². The lowest BCUT2D eigenvalue weighted by molar-refractivity contribution is 0.0218. The highest BCUT2D eigenvalue weighted by molar-refractivity contribution is 5.87. The number of hydrogen-bond acceptors (Lipinski definition) is 4. The van der Waals surface area contributed by atoms with Crippen molar-refractivity contribution in [3.05, 3.63) is 29.8 Å². The van der Waals surface area contributed by atoms with E-state index in [0.717, 1.165) is 32.7 Å². The summed E-state index contributed by atoms with van der Waals surface area (Å²) >= 11 is 0. The summed E-state index contributed by atoms with van der Waals surface area (Å²) in [5, 5.41) is 8.97. The van der Waals surface area contributed by atoms with E-state index in [1.54, 1.807) is 24.3 Å². The normalized spacial score (nSPS) is 19.9. The van der Waals surface area contributed by atoms with Crippen LogP contribution in [0.1, 0.15) is 30.6 Å². The molecule has 1 saturated heterocycles. The standard InChI is InChI=1S/C17H25NO4/c1-13(2)16-12-18(7-4-9-22-16)8-10-21-15-6-3-5-14(11-15)17(19)20/h3,5-6,11,13,16H,4,7-10,12H2,1-2H3,(H,19,20). The van der Waals surface area contributed by atoms with Crippen molar-refractivity contribution in [2.24, 2.45) is 5.92 Å². The Labute approximate surface area is 131 Å². The van der Waals surface area contributed by atoms with Crippen LogP contribution in [0.3, 0.4) is 0 Å². The molecule has 1 atom stereocenters. The minimum absolute atomic E-state index is 0.251. The number of nitrogens with zero attached hydrogens (tertiary/aromatic N) is 1. The van der Waals surface area contributed by atoms with Gasteiger partial charge < -0.3 is 14.6 Å². The van der Waals surface area contributed by atoms with Crippen molar-refractivity contribution in [1.29, 1.82) is 0 Å². The minimum Gasteiger partial charge on any atom is -0.492 e. The van der Waals surface area contributed by atoms with E-state index in [2.05, 4.69) is 18.7 Å². The van der Waals surface area contributed by atoms with Gasteiger partial charge in [0.15, 0.2) is 0 Å². The first kappa shape index (κ1) is 16.8. The van der Waals surface area contributed by atoms with Gasteiger partial charge in [-0.3, -0.25) is 4.90 Å². The summed E-state index contributed by atoms with van der Waals surface area (Å²) in [7, 11) is 0. The van der Waals surface area contributed by atoms with E-state index in [0.29, 0.717) is 18.3 Å². The van der Waals surface area contributed by atoms with Crippen molar-refractivity contribution in [3.8, 4) is 5.75 Å². The molecule has 0 aromatic heterocycles. The largest absolute Gasteiger partial charge is 0.492 e. The van der Waals surface area contributed by atoms with Gasteiger partial charge in [0.2, 0.25) is 0 Å². The number of hydrogen-bond donors (Lipinski definition) is 1. The molecule has 22 heavy (non-hydrogen) atoms. The third kappa shape index (κ3) is 5.00. The fraction of sp³-hybridized carbons (Fsp3) is 0.588. The number of ether oxygens (including phenoxy) is 2. The summed E-state index contributed by atoms with van der Waals surface area (Å²) in [6, 6.07) is 6.61. The van der Waals surface area contributed by atoms with Crippen molar-refractivity contribution in [1.82, 2.24) is 4.90 Å². The molecule has 1 aromatic carbocycles. The molecule has 2 rings (SSSR count). The summed E-state index contributed by atoms with van der Waals surface area (Å²) < 4.78 is 11.5. The van der Waals surface area contributed by atoms with Crippen molar-refractivity contribution < 1.29 is 19.4 Å². The monoisotopic (exact) mass is 307 g/mol. The van der Waals surface area contributed by atoms with Crippen LogP contribution >= 0.6 is 0 Å². The summed E-state index contributed by atoms with van der Waals surface area (Å²) in [6.07, 6.45) is 1.32. The van der Waals surface area contributed by atoms with Crippen LogP contribution in [0, 0.1) is 5.92 Å². The molecule has 0 spiro atoms. The zero-order chi connectivity index (χ0) is 15.9. The fourth-order valence-electron chi connectivity index (χ4n) is 2.54. The van der Waals surface area contributed by atoms with Gasteiger partial charge in [-0.15, -0.1) is 0 Å². The molecule has 1 aliphatic rings. The molecule has 1 aromatic rings. The summed E-state index contributed by atoms with van der Waals surface area (Å²) in [6.45, 7) is 8.50. The van der Waals surface area contributed by atoms with E-state index in [1.807, 2.05) is 0 Å². The summed E-state index contributed by atoms with van der Waals surface area (Å²) in [4.78, 5) is 13.3. The average Bonchev–Trinajstić information content (AvgIpc) is 2.73. The van der Waals surface area contributed by atoms with E-state index >= 15 is 0 Å². The average molecular weight is 307 g/mol. The second-order valence-electron chi connectivity index (χ2n) is 5.99. The molecule has 1 aliphatic heterocycles. The van der Waals surface area contributed by atoms with Gasteiger partial charge in [0.05, 0.1) is 11.7 Å². The molecule has 1 N–H and O–H groups in total. The minimum atomic E-state index is -0.935. The molecule has 0 radical (unpaired) electrons. The lowest BCUT2D eigenvalue weighted by atomic mass is 10.1. The van der Waals surface area contributed by atoms with Crippen molar-refractivity contribution in [3.63, 3.8) is 0 Å². The van der Waals surface area contributed by atoms with Crippen LogP contribution in [0.25, 0.3) is 0 Å². The zero-order valence-electron chi connectivity index (χ0n) is 13.3. The SMILES string of the molecule is CC(C)C1CN(CCOc2cccc(C(=O)O)c2)CCCO1. The molecule has 5 heteroatoms. The van der Waals surface area contributed by atoms with E-state index in [9.17, 15) is 4.79 Å². The van der Waals surface area contributed by atoms with Crippen LogP contribution in [0.15, 0.2) is 24.3 Å². The predicted molar refractivity (Wildman–Crippen MR) is 84.5 cm³/mol. The number of carboxylic acid groups (broad SMARTS) is 1. The highest BCUT2D eigenvalue weighted by Gasteiger charge is 2.21. The number of aromatic carboxylic acids is 1. The Kier molecular flexibility index (Phi) is 6.21. The topological polar surface area (TPSA) is 59.0 Å². The Hall–Kier alpha value is -1.59. The first-order chi connectivity index (χ1) is 10.6. The van der Waals surface area contributed by atoms with Gasteiger partial charge in [0.1, 0.15) is 12.4 Å². The van der Waals surface area contributed by atoms with Crippen molar-refractivity contribution >= 4 is 5.97 Å². The molecule has 122 valence electrons. The highest BCUT2D eigenvalue weighted by Crippen LogP contribution is 2.15. The third-order valence-corrected chi connectivity index (χ3v) is 3.89. The number of rotatable bonds is 6. The maximum atomic E-state index is 10.9. The number of carboxylic acids is 1. The Bertz CT molecular complexity index is 489. The lowest BCUT2D eigenvalue weighted by Gasteiger charge is -2.25. The molecule has 0 saturated carbocycles. The smallest absolute Gasteiger partial charge is 0.335 e. The number of carbonyl (C=O) groups is 1. The second kappa shape index (κ2) is 8.15. The summed E-state index contributed by atoms with van der Waals surface area (Å²) in [5.74, 6) is 0.176. The Morgan fingerprint density at radius 2 is 2.32 bits per heavy atom. The predicted octanol–water partition coefficient (Wildman–Crippen LogP) is 2.51. The Morgan fingerprint density at radius 1 is 1.50 bits per heavy atom. The Morgan fingerprint density at radius 3 is 3.05 bits per heavy atom.